The fraction of sp³-hybridized carbons (Fsp3) is 0.450. The summed E-state index contributed by atoms with van der Waals surface area (Å²) < 4.78 is 11.0. The van der Waals surface area contributed by atoms with Crippen molar-refractivity contribution in [1.82, 2.24) is 4.90 Å². The minimum absolute atomic E-state index is 0.0916. The highest BCUT2D eigenvalue weighted by Crippen LogP contribution is 2.27. The van der Waals surface area contributed by atoms with Crippen LogP contribution in [-0.4, -0.2) is 43.2 Å². The third-order valence-corrected chi connectivity index (χ3v) is 4.67. The zero-order valence-corrected chi connectivity index (χ0v) is 14.8. The molecule has 0 N–H and O–H groups in total. The summed E-state index contributed by atoms with van der Waals surface area (Å²) in [6.07, 6.45) is 0.183. The second-order valence-electron chi connectivity index (χ2n) is 6.69. The number of carbonyl (C=O) groups is 1. The van der Waals surface area contributed by atoms with Gasteiger partial charge in [0.25, 0.3) is 0 Å². The summed E-state index contributed by atoms with van der Waals surface area (Å²) in [5, 5.41) is 2.24. The lowest BCUT2D eigenvalue weighted by molar-refractivity contribution is -0.144. The number of carbonyl (C=O) groups excluding carboxylic acids is 1. The number of benzene rings is 2. The van der Waals surface area contributed by atoms with Crippen molar-refractivity contribution in [1.29, 1.82) is 0 Å². The van der Waals surface area contributed by atoms with E-state index in [2.05, 4.69) is 12.1 Å². The molecule has 1 heterocycles. The lowest BCUT2D eigenvalue weighted by atomic mass is 9.96. The highest BCUT2D eigenvalue weighted by Gasteiger charge is 2.29. The van der Waals surface area contributed by atoms with Crippen molar-refractivity contribution in [3.63, 3.8) is 0 Å². The third kappa shape index (κ3) is 3.39. The van der Waals surface area contributed by atoms with Gasteiger partial charge in [-0.15, -0.1) is 0 Å². The molecule has 2 aromatic rings. The topological polar surface area (TPSA) is 38.8 Å². The fourth-order valence-corrected chi connectivity index (χ4v) is 3.41. The first-order valence-electron chi connectivity index (χ1n) is 8.50. The Labute approximate surface area is 143 Å². The molecule has 1 aliphatic heterocycles. The minimum atomic E-state index is -0.158. The smallest absolute Gasteiger partial charge is 0.230 e. The number of methoxy groups -OCH3 is 1. The summed E-state index contributed by atoms with van der Waals surface area (Å²) >= 11 is 0. The molecule has 24 heavy (non-hydrogen) atoms. The Morgan fingerprint density at radius 1 is 1.12 bits per heavy atom. The van der Waals surface area contributed by atoms with Crippen molar-refractivity contribution >= 4 is 16.7 Å². The van der Waals surface area contributed by atoms with Crippen LogP contribution >= 0.6 is 0 Å². The van der Waals surface area contributed by atoms with Gasteiger partial charge in [-0.1, -0.05) is 24.3 Å². The number of amides is 1. The predicted octanol–water partition coefficient (Wildman–Crippen LogP) is 3.59. The molecule has 0 saturated carbocycles. The SMILES string of the molecule is COc1ccc2cc([C@@H](C)C(=O)N3C[C@@H](C)O[C@@H](C)C3)ccc2c1. The maximum Gasteiger partial charge on any atom is 0.230 e. The molecule has 0 spiro atoms. The highest BCUT2D eigenvalue weighted by atomic mass is 16.5. The molecule has 0 bridgehead atoms. The van der Waals surface area contributed by atoms with E-state index in [1.807, 2.05) is 49.9 Å². The van der Waals surface area contributed by atoms with Crippen LogP contribution in [-0.2, 0) is 9.53 Å². The Kier molecular flexibility index (Phi) is 4.76. The van der Waals surface area contributed by atoms with Crippen LogP contribution in [0.25, 0.3) is 10.8 Å². The Bertz CT molecular complexity index is 733. The van der Waals surface area contributed by atoms with E-state index in [0.29, 0.717) is 13.1 Å². The van der Waals surface area contributed by atoms with Gasteiger partial charge >= 0.3 is 0 Å². The lowest BCUT2D eigenvalue weighted by Gasteiger charge is -2.36. The maximum atomic E-state index is 12.9. The molecule has 4 heteroatoms. The summed E-state index contributed by atoms with van der Waals surface area (Å²) in [5.41, 5.74) is 1.05. The van der Waals surface area contributed by atoms with Crippen molar-refractivity contribution in [3.8, 4) is 5.75 Å². The van der Waals surface area contributed by atoms with E-state index in [0.717, 1.165) is 22.1 Å². The molecule has 0 unspecified atom stereocenters. The first-order valence-corrected chi connectivity index (χ1v) is 8.50. The molecule has 0 aliphatic carbocycles. The number of hydrogen-bond donors (Lipinski definition) is 0. The molecule has 1 amide bonds. The molecule has 0 radical (unpaired) electrons. The normalized spacial score (nSPS) is 22.4. The van der Waals surface area contributed by atoms with Gasteiger partial charge in [0.15, 0.2) is 0 Å². The van der Waals surface area contributed by atoms with Crippen LogP contribution in [0.5, 0.6) is 5.75 Å². The van der Waals surface area contributed by atoms with Crippen LogP contribution in [0.2, 0.25) is 0 Å². The fourth-order valence-electron chi connectivity index (χ4n) is 3.41. The van der Waals surface area contributed by atoms with E-state index in [4.69, 9.17) is 9.47 Å². The summed E-state index contributed by atoms with van der Waals surface area (Å²) in [4.78, 5) is 14.8. The number of fused-ring (bicyclic) bond motifs is 1. The summed E-state index contributed by atoms with van der Waals surface area (Å²) in [6.45, 7) is 7.35. The average Bonchev–Trinajstić information content (AvgIpc) is 2.58. The molecule has 3 atom stereocenters. The van der Waals surface area contributed by atoms with E-state index < -0.39 is 0 Å². The zero-order chi connectivity index (χ0) is 17.3. The van der Waals surface area contributed by atoms with E-state index in [1.54, 1.807) is 7.11 Å². The van der Waals surface area contributed by atoms with Crippen molar-refractivity contribution in [3.05, 3.63) is 42.0 Å². The highest BCUT2D eigenvalue weighted by molar-refractivity contribution is 5.88. The molecule has 4 nitrogen and oxygen atoms in total. The summed E-state index contributed by atoms with van der Waals surface area (Å²) in [5.74, 6) is 0.856. The molecule has 1 saturated heterocycles. The largest absolute Gasteiger partial charge is 0.497 e. The lowest BCUT2D eigenvalue weighted by Crippen LogP contribution is -2.49. The number of nitrogens with zero attached hydrogens (tertiary/aromatic N) is 1. The standard InChI is InChI=1S/C20H25NO3/c1-13-11-21(12-14(2)24-13)20(22)15(3)16-5-6-18-10-19(23-4)8-7-17(18)9-16/h5-10,13-15H,11-12H2,1-4H3/t13-,14+,15-/m1/s1. The minimum Gasteiger partial charge on any atom is -0.497 e. The summed E-state index contributed by atoms with van der Waals surface area (Å²) in [7, 11) is 1.67. The third-order valence-electron chi connectivity index (χ3n) is 4.67. The number of ether oxygens (including phenoxy) is 2. The van der Waals surface area contributed by atoms with E-state index in [9.17, 15) is 4.79 Å². The first kappa shape index (κ1) is 16.8. The molecule has 0 aromatic heterocycles. The van der Waals surface area contributed by atoms with Gasteiger partial charge in [0.05, 0.1) is 25.2 Å². The van der Waals surface area contributed by atoms with Gasteiger partial charge < -0.3 is 14.4 Å². The van der Waals surface area contributed by atoms with Crippen molar-refractivity contribution in [2.45, 2.75) is 38.9 Å². The predicted molar refractivity (Wildman–Crippen MR) is 95.5 cm³/mol. The Balaban J connectivity index is 1.82. The maximum absolute atomic E-state index is 12.9. The molecular formula is C20H25NO3. The number of hydrogen-bond acceptors (Lipinski definition) is 3. The molecule has 2 aromatic carbocycles. The van der Waals surface area contributed by atoms with Gasteiger partial charge in [-0.05, 0) is 49.2 Å². The monoisotopic (exact) mass is 327 g/mol. The number of rotatable bonds is 3. The van der Waals surface area contributed by atoms with E-state index in [1.165, 1.54) is 0 Å². The van der Waals surface area contributed by atoms with Gasteiger partial charge in [0, 0.05) is 13.1 Å². The molecule has 1 aliphatic rings. The van der Waals surface area contributed by atoms with E-state index >= 15 is 0 Å². The molecule has 1 fully saturated rings. The van der Waals surface area contributed by atoms with Crippen LogP contribution in [0, 0.1) is 0 Å². The Morgan fingerprint density at radius 3 is 2.42 bits per heavy atom. The van der Waals surface area contributed by atoms with Crippen LogP contribution in [0.1, 0.15) is 32.3 Å². The van der Waals surface area contributed by atoms with Crippen LogP contribution in [0.4, 0.5) is 0 Å². The van der Waals surface area contributed by atoms with Crippen LogP contribution in [0.3, 0.4) is 0 Å². The molecular weight excluding hydrogens is 302 g/mol. The van der Waals surface area contributed by atoms with E-state index in [-0.39, 0.29) is 24.0 Å². The molecule has 3 rings (SSSR count). The Morgan fingerprint density at radius 2 is 1.75 bits per heavy atom. The first-order chi connectivity index (χ1) is 11.5. The van der Waals surface area contributed by atoms with Crippen molar-refractivity contribution in [2.24, 2.45) is 0 Å². The van der Waals surface area contributed by atoms with Crippen LogP contribution < -0.4 is 4.74 Å². The van der Waals surface area contributed by atoms with Gasteiger partial charge in [-0.25, -0.2) is 0 Å². The van der Waals surface area contributed by atoms with Crippen molar-refractivity contribution in [2.75, 3.05) is 20.2 Å². The van der Waals surface area contributed by atoms with Gasteiger partial charge in [0.1, 0.15) is 5.75 Å². The van der Waals surface area contributed by atoms with Gasteiger partial charge in [0.2, 0.25) is 5.91 Å². The Hall–Kier alpha value is -2.07. The zero-order valence-electron chi connectivity index (χ0n) is 14.8. The van der Waals surface area contributed by atoms with Gasteiger partial charge in [-0.2, -0.15) is 0 Å². The summed E-state index contributed by atoms with van der Waals surface area (Å²) in [6, 6.07) is 12.2. The molecule has 128 valence electrons. The van der Waals surface area contributed by atoms with Crippen molar-refractivity contribution < 1.29 is 14.3 Å². The number of morpholine rings is 1. The second kappa shape index (κ2) is 6.81. The average molecular weight is 327 g/mol. The van der Waals surface area contributed by atoms with Crippen LogP contribution in [0.15, 0.2) is 36.4 Å². The quantitative estimate of drug-likeness (QED) is 0.865. The van der Waals surface area contributed by atoms with Gasteiger partial charge in [-0.3, -0.25) is 4.79 Å². The second-order valence-corrected chi connectivity index (χ2v) is 6.69.